The van der Waals surface area contributed by atoms with Gasteiger partial charge >= 0.3 is 0 Å². The van der Waals surface area contributed by atoms with Crippen LogP contribution in [0.5, 0.6) is 5.75 Å². The van der Waals surface area contributed by atoms with E-state index in [1.165, 1.54) is 0 Å². The van der Waals surface area contributed by atoms with Gasteiger partial charge in [0.05, 0.1) is 25.0 Å². The van der Waals surface area contributed by atoms with Crippen LogP contribution >= 0.6 is 15.9 Å². The summed E-state index contributed by atoms with van der Waals surface area (Å²) in [5.74, 6) is 0.763. The number of halogens is 1. The van der Waals surface area contributed by atoms with Gasteiger partial charge in [-0.15, -0.1) is 0 Å². The summed E-state index contributed by atoms with van der Waals surface area (Å²) in [4.78, 5) is 4.45. The summed E-state index contributed by atoms with van der Waals surface area (Å²) >= 11 is 3.54. The molecule has 0 saturated carbocycles. The summed E-state index contributed by atoms with van der Waals surface area (Å²) in [6.07, 6.45) is 3.52. The first-order valence-electron chi connectivity index (χ1n) is 6.10. The molecule has 2 aromatic rings. The number of ether oxygens (including phenoxy) is 1. The molecule has 0 aliphatic heterocycles. The van der Waals surface area contributed by atoms with E-state index in [0.29, 0.717) is 0 Å². The number of aromatic nitrogens is 3. The fourth-order valence-corrected chi connectivity index (χ4v) is 2.58. The first-order chi connectivity index (χ1) is 9.22. The molecule has 0 aromatic carbocycles. The molecule has 1 unspecified atom stereocenters. The molecule has 19 heavy (non-hydrogen) atoms. The van der Waals surface area contributed by atoms with Crippen molar-refractivity contribution in [3.63, 3.8) is 0 Å². The molecule has 0 bridgehead atoms. The number of nitrogens with one attached hydrogen (secondary N) is 1. The summed E-state index contributed by atoms with van der Waals surface area (Å²) in [5.41, 5.74) is 1.89. The standard InChI is InChI=1S/C13H17BrN4O/c1-4-18-13(10(19-3)8-17-18)12(15-2)11-9(14)6-5-7-16-11/h5-8,12,15H,4H2,1-3H3. The Morgan fingerprint density at radius 2 is 2.32 bits per heavy atom. The van der Waals surface area contributed by atoms with Crippen molar-refractivity contribution in [3.05, 3.63) is 40.4 Å². The van der Waals surface area contributed by atoms with E-state index in [4.69, 9.17) is 4.74 Å². The Labute approximate surface area is 121 Å². The number of rotatable bonds is 5. The molecular formula is C13H17BrN4O. The van der Waals surface area contributed by atoms with Crippen molar-refractivity contribution >= 4 is 15.9 Å². The van der Waals surface area contributed by atoms with Crippen LogP contribution in [0.4, 0.5) is 0 Å². The average Bonchev–Trinajstić information content (AvgIpc) is 2.85. The molecule has 102 valence electrons. The van der Waals surface area contributed by atoms with Crippen molar-refractivity contribution in [1.29, 1.82) is 0 Å². The van der Waals surface area contributed by atoms with Crippen LogP contribution in [-0.2, 0) is 6.54 Å². The minimum atomic E-state index is -0.0759. The lowest BCUT2D eigenvalue weighted by atomic mass is 10.1. The van der Waals surface area contributed by atoms with Crippen molar-refractivity contribution in [2.75, 3.05) is 14.2 Å². The lowest BCUT2D eigenvalue weighted by Gasteiger charge is -2.19. The predicted molar refractivity (Wildman–Crippen MR) is 77.3 cm³/mol. The zero-order valence-corrected chi connectivity index (χ0v) is 12.8. The Bertz CT molecular complexity index is 534. The van der Waals surface area contributed by atoms with Crippen molar-refractivity contribution in [3.8, 4) is 5.75 Å². The minimum Gasteiger partial charge on any atom is -0.493 e. The highest BCUT2D eigenvalue weighted by molar-refractivity contribution is 9.10. The zero-order valence-electron chi connectivity index (χ0n) is 11.2. The molecule has 5 nitrogen and oxygen atoms in total. The first kappa shape index (κ1) is 14.0. The maximum atomic E-state index is 5.41. The molecule has 0 radical (unpaired) electrons. The van der Waals surface area contributed by atoms with E-state index in [2.05, 4.69) is 38.3 Å². The van der Waals surface area contributed by atoms with E-state index in [1.807, 2.05) is 23.9 Å². The molecule has 0 saturated heterocycles. The van der Waals surface area contributed by atoms with Crippen LogP contribution in [0.2, 0.25) is 0 Å². The van der Waals surface area contributed by atoms with Crippen LogP contribution in [-0.4, -0.2) is 28.9 Å². The van der Waals surface area contributed by atoms with Crippen molar-refractivity contribution in [2.24, 2.45) is 0 Å². The Morgan fingerprint density at radius 1 is 1.53 bits per heavy atom. The Balaban J connectivity index is 2.54. The zero-order chi connectivity index (χ0) is 13.8. The van der Waals surface area contributed by atoms with Crippen molar-refractivity contribution < 1.29 is 4.74 Å². The summed E-state index contributed by atoms with van der Waals surface area (Å²) in [7, 11) is 3.55. The van der Waals surface area contributed by atoms with Gasteiger partial charge < -0.3 is 10.1 Å². The van der Waals surface area contributed by atoms with Crippen LogP contribution in [0.3, 0.4) is 0 Å². The van der Waals surface area contributed by atoms with E-state index in [-0.39, 0.29) is 6.04 Å². The average molecular weight is 325 g/mol. The highest BCUT2D eigenvalue weighted by Gasteiger charge is 2.24. The molecule has 0 amide bonds. The second-order valence-corrected chi connectivity index (χ2v) is 4.86. The lowest BCUT2D eigenvalue weighted by Crippen LogP contribution is -2.23. The topological polar surface area (TPSA) is 52.0 Å². The monoisotopic (exact) mass is 324 g/mol. The van der Waals surface area contributed by atoms with Crippen LogP contribution in [0.15, 0.2) is 29.0 Å². The fourth-order valence-electron chi connectivity index (χ4n) is 2.09. The van der Waals surface area contributed by atoms with Crippen LogP contribution in [0.1, 0.15) is 24.4 Å². The summed E-state index contributed by atoms with van der Waals surface area (Å²) in [5, 5.41) is 7.62. The molecule has 1 atom stereocenters. The first-order valence-corrected chi connectivity index (χ1v) is 6.89. The highest BCUT2D eigenvalue weighted by Crippen LogP contribution is 2.32. The van der Waals surface area contributed by atoms with E-state index in [1.54, 1.807) is 19.5 Å². The summed E-state index contributed by atoms with van der Waals surface area (Å²) in [6.45, 7) is 2.83. The summed E-state index contributed by atoms with van der Waals surface area (Å²) in [6, 6.07) is 3.80. The van der Waals surface area contributed by atoms with Crippen LogP contribution < -0.4 is 10.1 Å². The number of methoxy groups -OCH3 is 1. The molecule has 2 aromatic heterocycles. The van der Waals surface area contributed by atoms with Gasteiger partial charge in [-0.2, -0.15) is 5.10 Å². The van der Waals surface area contributed by atoms with Gasteiger partial charge in [0.15, 0.2) is 5.75 Å². The molecule has 0 aliphatic carbocycles. The SMILES string of the molecule is CCn1ncc(OC)c1C(NC)c1ncccc1Br. The molecule has 2 rings (SSSR count). The van der Waals surface area contributed by atoms with Crippen molar-refractivity contribution in [1.82, 2.24) is 20.1 Å². The second kappa shape index (κ2) is 6.16. The largest absolute Gasteiger partial charge is 0.493 e. The maximum absolute atomic E-state index is 5.41. The predicted octanol–water partition coefficient (Wildman–Crippen LogP) is 2.38. The van der Waals surface area contributed by atoms with Gasteiger partial charge in [0.1, 0.15) is 5.69 Å². The summed E-state index contributed by atoms with van der Waals surface area (Å²) < 4.78 is 8.28. The van der Waals surface area contributed by atoms with E-state index >= 15 is 0 Å². The third kappa shape index (κ3) is 2.64. The third-order valence-corrected chi connectivity index (χ3v) is 3.66. The Morgan fingerprint density at radius 3 is 2.89 bits per heavy atom. The van der Waals surface area contributed by atoms with Gasteiger partial charge in [-0.05, 0) is 42.0 Å². The molecule has 0 fully saturated rings. The van der Waals surface area contributed by atoms with Gasteiger partial charge in [-0.25, -0.2) is 0 Å². The highest BCUT2D eigenvalue weighted by atomic mass is 79.9. The lowest BCUT2D eigenvalue weighted by molar-refractivity contribution is 0.400. The number of nitrogens with zero attached hydrogens (tertiary/aromatic N) is 3. The number of hydrogen-bond acceptors (Lipinski definition) is 4. The quantitative estimate of drug-likeness (QED) is 0.917. The maximum Gasteiger partial charge on any atom is 0.161 e. The minimum absolute atomic E-state index is 0.0759. The number of pyridine rings is 1. The normalized spacial score (nSPS) is 12.4. The van der Waals surface area contributed by atoms with E-state index in [9.17, 15) is 0 Å². The van der Waals surface area contributed by atoms with Crippen LogP contribution in [0, 0.1) is 0 Å². The van der Waals surface area contributed by atoms with Gasteiger partial charge in [0.25, 0.3) is 0 Å². The third-order valence-electron chi connectivity index (χ3n) is 2.99. The smallest absolute Gasteiger partial charge is 0.161 e. The van der Waals surface area contributed by atoms with Gasteiger partial charge in [-0.3, -0.25) is 9.67 Å². The van der Waals surface area contributed by atoms with E-state index < -0.39 is 0 Å². The molecular weight excluding hydrogens is 308 g/mol. The van der Waals surface area contributed by atoms with Gasteiger partial charge in [0, 0.05) is 17.2 Å². The second-order valence-electron chi connectivity index (χ2n) is 4.01. The molecule has 0 aliphatic rings. The number of hydrogen-bond donors (Lipinski definition) is 1. The molecule has 0 spiro atoms. The van der Waals surface area contributed by atoms with E-state index in [0.717, 1.165) is 28.2 Å². The molecule has 6 heteroatoms. The van der Waals surface area contributed by atoms with Crippen molar-refractivity contribution in [2.45, 2.75) is 19.5 Å². The molecule has 2 heterocycles. The van der Waals surface area contributed by atoms with Gasteiger partial charge in [0.2, 0.25) is 0 Å². The fraction of sp³-hybridized carbons (Fsp3) is 0.385. The van der Waals surface area contributed by atoms with Gasteiger partial charge in [-0.1, -0.05) is 0 Å². The van der Waals surface area contributed by atoms with Crippen LogP contribution in [0.25, 0.3) is 0 Å². The molecule has 1 N–H and O–H groups in total. The Hall–Kier alpha value is -1.40. The Kier molecular flexibility index (Phi) is 4.55. The number of aryl methyl sites for hydroxylation is 1.